The molecule has 3 rings (SSSR count). The highest BCUT2D eigenvalue weighted by Crippen LogP contribution is 2.18. The molecule has 0 spiro atoms. The summed E-state index contributed by atoms with van der Waals surface area (Å²) in [6, 6.07) is 9.70. The molecule has 128 valence electrons. The molecule has 2 heterocycles. The van der Waals surface area contributed by atoms with Gasteiger partial charge in [0.25, 0.3) is 0 Å². The molecule has 1 aliphatic heterocycles. The molecule has 1 saturated heterocycles. The van der Waals surface area contributed by atoms with E-state index in [2.05, 4.69) is 10.3 Å². The zero-order valence-corrected chi connectivity index (χ0v) is 14.1. The van der Waals surface area contributed by atoms with Crippen molar-refractivity contribution in [3.05, 3.63) is 42.3 Å². The van der Waals surface area contributed by atoms with Gasteiger partial charge in [-0.1, -0.05) is 18.2 Å². The van der Waals surface area contributed by atoms with Crippen molar-refractivity contribution in [1.82, 2.24) is 15.2 Å². The van der Waals surface area contributed by atoms with Gasteiger partial charge in [-0.25, -0.2) is 9.78 Å². The predicted octanol–water partition coefficient (Wildman–Crippen LogP) is 2.70. The summed E-state index contributed by atoms with van der Waals surface area (Å²) in [6.07, 6.45) is 2.28. The third-order valence-electron chi connectivity index (χ3n) is 3.94. The Balaban J connectivity index is 1.48. The predicted molar refractivity (Wildman–Crippen MR) is 90.6 cm³/mol. The fraction of sp³-hybridized carbons (Fsp3) is 0.444. The van der Waals surface area contributed by atoms with Crippen LogP contribution in [0, 0.1) is 0 Å². The van der Waals surface area contributed by atoms with Gasteiger partial charge < -0.3 is 19.4 Å². The lowest BCUT2D eigenvalue weighted by Gasteiger charge is -2.38. The molecule has 1 aliphatic rings. The normalized spacial score (nSPS) is 16.8. The number of hydrogen-bond donors (Lipinski definition) is 1. The summed E-state index contributed by atoms with van der Waals surface area (Å²) in [4.78, 5) is 18.5. The second kappa shape index (κ2) is 7.05. The number of rotatable bonds is 4. The summed E-state index contributed by atoms with van der Waals surface area (Å²) in [5, 5.41) is 2.94. The molecule has 0 unspecified atom stereocenters. The average Bonchev–Trinajstić information content (AvgIpc) is 3.03. The first-order chi connectivity index (χ1) is 11.5. The summed E-state index contributed by atoms with van der Waals surface area (Å²) >= 11 is 0. The Morgan fingerprint density at radius 3 is 2.88 bits per heavy atom. The first kappa shape index (κ1) is 16.5. The molecule has 0 atom stereocenters. The third-order valence-corrected chi connectivity index (χ3v) is 3.94. The van der Waals surface area contributed by atoms with E-state index in [0.29, 0.717) is 38.6 Å². The van der Waals surface area contributed by atoms with Crippen LogP contribution in [-0.2, 0) is 11.2 Å². The maximum atomic E-state index is 12.2. The smallest absolute Gasteiger partial charge is 0.317 e. The van der Waals surface area contributed by atoms with E-state index in [0.717, 1.165) is 11.3 Å². The standard InChI is InChI=1S/C18H23N3O3/c1-18(2)13-21(10-11-24-18)17(22)19-9-8-15-12-23-16(20-15)14-6-4-3-5-7-14/h3-7,12H,8-11,13H2,1-2H3,(H,19,22). The van der Waals surface area contributed by atoms with Gasteiger partial charge >= 0.3 is 6.03 Å². The lowest BCUT2D eigenvalue weighted by Crippen LogP contribution is -2.53. The number of morpholine rings is 1. The van der Waals surface area contributed by atoms with Gasteiger partial charge in [0.05, 0.1) is 24.4 Å². The second-order valence-electron chi connectivity index (χ2n) is 6.52. The van der Waals surface area contributed by atoms with Crippen LogP contribution in [0.15, 0.2) is 41.0 Å². The van der Waals surface area contributed by atoms with E-state index in [1.165, 1.54) is 0 Å². The molecule has 2 amide bonds. The van der Waals surface area contributed by atoms with Gasteiger partial charge in [0.1, 0.15) is 6.26 Å². The van der Waals surface area contributed by atoms with E-state index in [4.69, 9.17) is 9.15 Å². The van der Waals surface area contributed by atoms with Gasteiger partial charge in [-0.3, -0.25) is 0 Å². The number of amides is 2. The van der Waals surface area contributed by atoms with E-state index in [1.807, 2.05) is 44.2 Å². The van der Waals surface area contributed by atoms with Crippen LogP contribution in [-0.4, -0.2) is 47.8 Å². The Bertz CT molecular complexity index is 682. The molecule has 1 fully saturated rings. The van der Waals surface area contributed by atoms with Crippen molar-refractivity contribution in [1.29, 1.82) is 0 Å². The number of aromatic nitrogens is 1. The number of benzene rings is 1. The first-order valence-corrected chi connectivity index (χ1v) is 8.20. The van der Waals surface area contributed by atoms with Crippen LogP contribution in [0.2, 0.25) is 0 Å². The SMILES string of the molecule is CC1(C)CN(C(=O)NCCc2coc(-c3ccccc3)n2)CCO1. The van der Waals surface area contributed by atoms with Crippen LogP contribution in [0.3, 0.4) is 0 Å². The minimum Gasteiger partial charge on any atom is -0.444 e. The molecular weight excluding hydrogens is 306 g/mol. The first-order valence-electron chi connectivity index (χ1n) is 8.20. The minimum absolute atomic E-state index is 0.0573. The molecule has 2 aromatic rings. The number of carbonyl (C=O) groups excluding carboxylic acids is 1. The van der Waals surface area contributed by atoms with Crippen molar-refractivity contribution in [2.45, 2.75) is 25.9 Å². The molecule has 1 N–H and O–H groups in total. The molecule has 0 saturated carbocycles. The monoisotopic (exact) mass is 329 g/mol. The Labute approximate surface area is 141 Å². The number of nitrogens with zero attached hydrogens (tertiary/aromatic N) is 2. The molecule has 0 radical (unpaired) electrons. The summed E-state index contributed by atoms with van der Waals surface area (Å²) in [5.41, 5.74) is 1.49. The summed E-state index contributed by atoms with van der Waals surface area (Å²) < 4.78 is 11.1. The van der Waals surface area contributed by atoms with Crippen molar-refractivity contribution in [2.75, 3.05) is 26.2 Å². The Morgan fingerprint density at radius 1 is 1.33 bits per heavy atom. The van der Waals surface area contributed by atoms with Crippen LogP contribution in [0.25, 0.3) is 11.5 Å². The topological polar surface area (TPSA) is 67.6 Å². The van der Waals surface area contributed by atoms with E-state index in [9.17, 15) is 4.79 Å². The van der Waals surface area contributed by atoms with Crippen molar-refractivity contribution in [2.24, 2.45) is 0 Å². The van der Waals surface area contributed by atoms with Gasteiger partial charge in [0.2, 0.25) is 5.89 Å². The highest BCUT2D eigenvalue weighted by atomic mass is 16.5. The van der Waals surface area contributed by atoms with Gasteiger partial charge in [-0.15, -0.1) is 0 Å². The minimum atomic E-state index is -0.285. The highest BCUT2D eigenvalue weighted by Gasteiger charge is 2.29. The summed E-state index contributed by atoms with van der Waals surface area (Å²) in [7, 11) is 0. The number of oxazole rings is 1. The molecule has 0 bridgehead atoms. The van der Waals surface area contributed by atoms with Gasteiger partial charge in [-0.05, 0) is 26.0 Å². The maximum Gasteiger partial charge on any atom is 0.317 e. The summed E-state index contributed by atoms with van der Waals surface area (Å²) in [6.45, 7) is 6.31. The van der Waals surface area contributed by atoms with E-state index >= 15 is 0 Å². The number of ether oxygens (including phenoxy) is 1. The second-order valence-corrected chi connectivity index (χ2v) is 6.52. The van der Waals surface area contributed by atoms with Crippen molar-refractivity contribution in [3.8, 4) is 11.5 Å². The van der Waals surface area contributed by atoms with Crippen LogP contribution >= 0.6 is 0 Å². The van der Waals surface area contributed by atoms with Crippen LogP contribution in [0.5, 0.6) is 0 Å². The fourth-order valence-electron chi connectivity index (χ4n) is 2.73. The van der Waals surface area contributed by atoms with E-state index in [1.54, 1.807) is 11.2 Å². The molecule has 1 aromatic heterocycles. The lowest BCUT2D eigenvalue weighted by molar-refractivity contribution is -0.0733. The average molecular weight is 329 g/mol. The summed E-state index contributed by atoms with van der Waals surface area (Å²) in [5.74, 6) is 0.604. The quantitative estimate of drug-likeness (QED) is 0.936. The van der Waals surface area contributed by atoms with Crippen LogP contribution in [0.1, 0.15) is 19.5 Å². The molecule has 24 heavy (non-hydrogen) atoms. The van der Waals surface area contributed by atoms with Crippen molar-refractivity contribution < 1.29 is 13.9 Å². The Morgan fingerprint density at radius 2 is 2.12 bits per heavy atom. The van der Waals surface area contributed by atoms with Gasteiger partial charge in [0.15, 0.2) is 0 Å². The number of hydrogen-bond acceptors (Lipinski definition) is 4. The fourth-order valence-corrected chi connectivity index (χ4v) is 2.73. The van der Waals surface area contributed by atoms with Crippen molar-refractivity contribution >= 4 is 6.03 Å². The van der Waals surface area contributed by atoms with Crippen molar-refractivity contribution in [3.63, 3.8) is 0 Å². The number of urea groups is 1. The number of carbonyl (C=O) groups is 1. The van der Waals surface area contributed by atoms with Crippen LogP contribution in [0.4, 0.5) is 4.79 Å². The molecule has 6 heteroatoms. The van der Waals surface area contributed by atoms with Gasteiger partial charge in [0, 0.05) is 25.1 Å². The number of nitrogens with one attached hydrogen (secondary N) is 1. The molecular formula is C18H23N3O3. The van der Waals surface area contributed by atoms with E-state index < -0.39 is 0 Å². The van der Waals surface area contributed by atoms with Gasteiger partial charge in [-0.2, -0.15) is 0 Å². The Kier molecular flexibility index (Phi) is 4.85. The zero-order chi connectivity index (χ0) is 17.0. The maximum absolute atomic E-state index is 12.2. The molecule has 1 aromatic carbocycles. The largest absolute Gasteiger partial charge is 0.444 e. The highest BCUT2D eigenvalue weighted by molar-refractivity contribution is 5.74. The third kappa shape index (κ3) is 4.14. The zero-order valence-electron chi connectivity index (χ0n) is 14.1. The lowest BCUT2D eigenvalue weighted by atomic mass is 10.1. The molecule has 0 aliphatic carbocycles. The van der Waals surface area contributed by atoms with Crippen LogP contribution < -0.4 is 5.32 Å². The van der Waals surface area contributed by atoms with E-state index in [-0.39, 0.29) is 11.6 Å². The Hall–Kier alpha value is -2.34. The molecule has 6 nitrogen and oxygen atoms in total.